The second-order valence-electron chi connectivity index (χ2n) is 7.67. The van der Waals surface area contributed by atoms with Crippen LogP contribution in [0, 0.1) is 0 Å². The predicted molar refractivity (Wildman–Crippen MR) is 117 cm³/mol. The summed E-state index contributed by atoms with van der Waals surface area (Å²) < 4.78 is 11.0. The third-order valence-electron chi connectivity index (χ3n) is 5.46. The lowest BCUT2D eigenvalue weighted by atomic mass is 10.2. The average Bonchev–Trinajstić information content (AvgIpc) is 3.13. The van der Waals surface area contributed by atoms with Crippen molar-refractivity contribution in [3.8, 4) is 11.5 Å². The molecule has 0 N–H and O–H groups in total. The van der Waals surface area contributed by atoms with Crippen LogP contribution in [-0.4, -0.2) is 84.8 Å². The molecule has 0 aromatic heterocycles. The van der Waals surface area contributed by atoms with Crippen molar-refractivity contribution in [2.24, 2.45) is 0 Å². The van der Waals surface area contributed by atoms with Gasteiger partial charge in [0.1, 0.15) is 6.54 Å². The van der Waals surface area contributed by atoms with E-state index >= 15 is 0 Å². The van der Waals surface area contributed by atoms with Crippen LogP contribution in [-0.2, 0) is 19.2 Å². The van der Waals surface area contributed by atoms with Gasteiger partial charge in [-0.3, -0.25) is 24.1 Å². The zero-order valence-corrected chi connectivity index (χ0v) is 18.5. The Morgan fingerprint density at radius 3 is 2.28 bits per heavy atom. The molecule has 32 heavy (non-hydrogen) atoms. The Morgan fingerprint density at radius 1 is 1.00 bits per heavy atom. The van der Waals surface area contributed by atoms with Gasteiger partial charge in [-0.15, -0.1) is 0 Å². The number of hydrogen-bond acceptors (Lipinski definition) is 6. The van der Waals surface area contributed by atoms with Crippen molar-refractivity contribution in [2.75, 3.05) is 46.4 Å². The Kier molecular flexibility index (Phi) is 7.86. The summed E-state index contributed by atoms with van der Waals surface area (Å²) in [7, 11) is 1.57. The van der Waals surface area contributed by atoms with Crippen LogP contribution in [0.5, 0.6) is 11.5 Å². The van der Waals surface area contributed by atoms with Gasteiger partial charge in [-0.1, -0.05) is 13.0 Å². The second-order valence-corrected chi connectivity index (χ2v) is 7.67. The molecule has 2 aliphatic heterocycles. The number of likely N-dealkylation sites (tertiary alicyclic amines) is 1. The Bertz CT molecular complexity index is 889. The molecule has 172 valence electrons. The van der Waals surface area contributed by atoms with Gasteiger partial charge < -0.3 is 19.3 Å². The number of carbonyl (C=O) groups is 4. The summed E-state index contributed by atoms with van der Waals surface area (Å²) in [6.45, 7) is 3.93. The predicted octanol–water partition coefficient (Wildman–Crippen LogP) is 1.32. The number of nitrogens with zero attached hydrogens (tertiary/aromatic N) is 3. The number of ether oxygens (including phenoxy) is 2. The molecule has 3 rings (SSSR count). The number of imide groups is 1. The molecule has 9 nitrogen and oxygen atoms in total. The van der Waals surface area contributed by atoms with Crippen molar-refractivity contribution in [3.63, 3.8) is 0 Å². The number of amides is 4. The molecule has 0 unspecified atom stereocenters. The summed E-state index contributed by atoms with van der Waals surface area (Å²) in [6.07, 6.45) is 4.45. The molecule has 2 fully saturated rings. The average molecular weight is 444 g/mol. The molecule has 0 aliphatic carbocycles. The van der Waals surface area contributed by atoms with Gasteiger partial charge in [0.15, 0.2) is 11.5 Å². The van der Waals surface area contributed by atoms with E-state index in [9.17, 15) is 19.2 Å². The van der Waals surface area contributed by atoms with E-state index in [1.54, 1.807) is 23.0 Å². The first kappa shape index (κ1) is 23.3. The van der Waals surface area contributed by atoms with E-state index in [-0.39, 0.29) is 43.0 Å². The van der Waals surface area contributed by atoms with Gasteiger partial charge in [0.25, 0.3) is 0 Å². The number of carbonyl (C=O) groups excluding carboxylic acids is 4. The summed E-state index contributed by atoms with van der Waals surface area (Å²) in [6, 6.07) is 5.49. The van der Waals surface area contributed by atoms with Crippen LogP contribution in [0.2, 0.25) is 0 Å². The molecule has 0 spiro atoms. The largest absolute Gasteiger partial charge is 0.493 e. The fraction of sp³-hybridized carbons (Fsp3) is 0.478. The van der Waals surface area contributed by atoms with Crippen molar-refractivity contribution in [2.45, 2.75) is 26.2 Å². The van der Waals surface area contributed by atoms with Crippen molar-refractivity contribution in [1.82, 2.24) is 14.7 Å². The van der Waals surface area contributed by atoms with Crippen molar-refractivity contribution in [1.29, 1.82) is 0 Å². The second kappa shape index (κ2) is 10.8. The topological polar surface area (TPSA) is 96.5 Å². The molecule has 9 heteroatoms. The van der Waals surface area contributed by atoms with Gasteiger partial charge in [-0.2, -0.15) is 0 Å². The van der Waals surface area contributed by atoms with Crippen LogP contribution in [0.4, 0.5) is 0 Å². The van der Waals surface area contributed by atoms with Gasteiger partial charge in [0.2, 0.25) is 23.6 Å². The zero-order chi connectivity index (χ0) is 23.1. The third kappa shape index (κ3) is 5.66. The summed E-state index contributed by atoms with van der Waals surface area (Å²) in [5.74, 6) is 0.250. The van der Waals surface area contributed by atoms with Crippen LogP contribution in [0.25, 0.3) is 6.08 Å². The van der Waals surface area contributed by atoms with Crippen LogP contribution in [0.15, 0.2) is 24.3 Å². The molecular formula is C23H29N3O6. The SMILES string of the molecule is CCCOc1ccc(/C=C/C(=O)N2CCN(C(=O)CN3C(=O)CCC3=O)CC2)cc1OC. The summed E-state index contributed by atoms with van der Waals surface area (Å²) in [5, 5.41) is 0. The first-order valence-corrected chi connectivity index (χ1v) is 10.8. The molecule has 0 radical (unpaired) electrons. The molecule has 1 aromatic carbocycles. The van der Waals surface area contributed by atoms with Crippen molar-refractivity contribution >= 4 is 29.7 Å². The molecule has 0 bridgehead atoms. The van der Waals surface area contributed by atoms with Gasteiger partial charge in [0, 0.05) is 45.1 Å². The van der Waals surface area contributed by atoms with E-state index in [4.69, 9.17) is 9.47 Å². The standard InChI is InChI=1S/C23H29N3O6/c1-3-14-32-18-6-4-17(15-19(18)31-2)5-7-20(27)24-10-12-25(13-11-24)23(30)16-26-21(28)8-9-22(26)29/h4-7,15H,3,8-14,16H2,1-2H3/b7-5+. The van der Waals surface area contributed by atoms with E-state index in [2.05, 4.69) is 0 Å². The minimum atomic E-state index is -0.302. The van der Waals surface area contributed by atoms with E-state index in [1.807, 2.05) is 25.1 Å². The maximum absolute atomic E-state index is 12.6. The summed E-state index contributed by atoms with van der Waals surface area (Å²) in [5.41, 5.74) is 0.813. The molecular weight excluding hydrogens is 414 g/mol. The van der Waals surface area contributed by atoms with E-state index in [0.717, 1.165) is 16.9 Å². The van der Waals surface area contributed by atoms with Gasteiger partial charge in [-0.25, -0.2) is 0 Å². The quantitative estimate of drug-likeness (QED) is 0.444. The van der Waals surface area contributed by atoms with Gasteiger partial charge in [-0.05, 0) is 30.2 Å². The van der Waals surface area contributed by atoms with E-state index in [1.165, 1.54) is 6.08 Å². The van der Waals surface area contributed by atoms with E-state index in [0.29, 0.717) is 44.3 Å². The summed E-state index contributed by atoms with van der Waals surface area (Å²) >= 11 is 0. The minimum absolute atomic E-state index is 0.146. The Hall–Kier alpha value is -3.36. The maximum atomic E-state index is 12.6. The molecule has 2 aliphatic rings. The lowest BCUT2D eigenvalue weighted by molar-refractivity contribution is -0.146. The van der Waals surface area contributed by atoms with E-state index < -0.39 is 0 Å². The minimum Gasteiger partial charge on any atom is -0.493 e. The van der Waals surface area contributed by atoms with Crippen LogP contribution in [0.3, 0.4) is 0 Å². The number of rotatable bonds is 8. The highest BCUT2D eigenvalue weighted by Crippen LogP contribution is 2.28. The zero-order valence-electron chi connectivity index (χ0n) is 18.5. The Balaban J connectivity index is 1.51. The van der Waals surface area contributed by atoms with Crippen LogP contribution in [0.1, 0.15) is 31.7 Å². The highest BCUT2D eigenvalue weighted by molar-refractivity contribution is 6.04. The lowest BCUT2D eigenvalue weighted by Gasteiger charge is -2.34. The first-order chi connectivity index (χ1) is 15.4. The Labute approximate surface area is 187 Å². The third-order valence-corrected chi connectivity index (χ3v) is 5.46. The monoisotopic (exact) mass is 443 g/mol. The molecule has 0 atom stereocenters. The summed E-state index contributed by atoms with van der Waals surface area (Å²) in [4.78, 5) is 52.7. The molecule has 0 saturated carbocycles. The first-order valence-electron chi connectivity index (χ1n) is 10.8. The highest BCUT2D eigenvalue weighted by atomic mass is 16.5. The van der Waals surface area contributed by atoms with Crippen LogP contribution < -0.4 is 9.47 Å². The molecule has 4 amide bonds. The molecule has 2 saturated heterocycles. The number of piperazine rings is 1. The van der Waals surface area contributed by atoms with Crippen molar-refractivity contribution in [3.05, 3.63) is 29.8 Å². The smallest absolute Gasteiger partial charge is 0.246 e. The highest BCUT2D eigenvalue weighted by Gasteiger charge is 2.32. The number of methoxy groups -OCH3 is 1. The lowest BCUT2D eigenvalue weighted by Crippen LogP contribution is -2.52. The van der Waals surface area contributed by atoms with Crippen LogP contribution >= 0.6 is 0 Å². The fourth-order valence-electron chi connectivity index (χ4n) is 3.60. The normalized spacial score (nSPS) is 16.8. The van der Waals surface area contributed by atoms with Crippen molar-refractivity contribution < 1.29 is 28.7 Å². The van der Waals surface area contributed by atoms with Gasteiger partial charge in [0.05, 0.1) is 13.7 Å². The maximum Gasteiger partial charge on any atom is 0.246 e. The number of hydrogen-bond donors (Lipinski definition) is 0. The number of benzene rings is 1. The van der Waals surface area contributed by atoms with Gasteiger partial charge >= 0.3 is 0 Å². The fourth-order valence-corrected chi connectivity index (χ4v) is 3.60. The molecule has 2 heterocycles. The molecule has 1 aromatic rings. The Morgan fingerprint density at radius 2 is 1.66 bits per heavy atom.